The molecule has 5 rings (SSSR count). The van der Waals surface area contributed by atoms with Crippen LogP contribution in [0.3, 0.4) is 0 Å². The summed E-state index contributed by atoms with van der Waals surface area (Å²) in [7, 11) is 0. The Morgan fingerprint density at radius 2 is 1.62 bits per heavy atom. The van der Waals surface area contributed by atoms with Gasteiger partial charge in [0.25, 0.3) is 5.91 Å². The maximum atomic E-state index is 14.2. The molecule has 0 radical (unpaired) electrons. The van der Waals surface area contributed by atoms with Crippen LogP contribution >= 0.6 is 0 Å². The highest BCUT2D eigenvalue weighted by Crippen LogP contribution is 2.37. The van der Waals surface area contributed by atoms with Gasteiger partial charge in [-0.25, -0.2) is 0 Å². The van der Waals surface area contributed by atoms with E-state index in [-0.39, 0.29) is 30.8 Å². The van der Waals surface area contributed by atoms with E-state index in [2.05, 4.69) is 12.2 Å². The Morgan fingerprint density at radius 1 is 0.900 bits per heavy atom. The molecule has 0 unspecified atom stereocenters. The maximum absolute atomic E-state index is 14.2. The summed E-state index contributed by atoms with van der Waals surface area (Å²) in [6, 6.07) is 28.4. The number of rotatable bonds is 11. The summed E-state index contributed by atoms with van der Waals surface area (Å²) in [4.78, 5) is 44.6. The minimum absolute atomic E-state index is 0.147. The van der Waals surface area contributed by atoms with E-state index < -0.39 is 6.04 Å². The average molecular weight is 534 g/mol. The second-order valence-corrected chi connectivity index (χ2v) is 10.4. The quantitative estimate of drug-likeness (QED) is 0.253. The highest BCUT2D eigenvalue weighted by molar-refractivity contribution is 6.26. The van der Waals surface area contributed by atoms with Crippen LogP contribution in [-0.4, -0.2) is 41.8 Å². The van der Waals surface area contributed by atoms with E-state index in [1.54, 1.807) is 9.80 Å². The first-order valence-electron chi connectivity index (χ1n) is 14.0. The minimum Gasteiger partial charge on any atom is -0.354 e. The molecule has 204 valence electrons. The number of amides is 3. The van der Waals surface area contributed by atoms with Crippen LogP contribution in [0.5, 0.6) is 0 Å². The molecule has 40 heavy (non-hydrogen) atoms. The molecule has 0 spiro atoms. The fraction of sp³-hybridized carbons (Fsp3) is 0.265. The second-order valence-electron chi connectivity index (χ2n) is 10.4. The van der Waals surface area contributed by atoms with Crippen molar-refractivity contribution in [3.05, 3.63) is 113 Å². The predicted molar refractivity (Wildman–Crippen MR) is 159 cm³/mol. The first kappa shape index (κ1) is 27.1. The molecule has 6 nitrogen and oxygen atoms in total. The predicted octanol–water partition coefficient (Wildman–Crippen LogP) is 5.66. The smallest absolute Gasteiger partial charge is 0.259 e. The van der Waals surface area contributed by atoms with E-state index in [0.717, 1.165) is 46.0 Å². The third-order valence-electron chi connectivity index (χ3n) is 7.48. The molecule has 1 atom stereocenters. The molecule has 0 saturated carbocycles. The Morgan fingerprint density at radius 3 is 2.38 bits per heavy atom. The third kappa shape index (κ3) is 5.76. The van der Waals surface area contributed by atoms with Crippen LogP contribution in [0.2, 0.25) is 0 Å². The zero-order valence-electron chi connectivity index (χ0n) is 23.1. The van der Waals surface area contributed by atoms with Crippen LogP contribution in [0.25, 0.3) is 10.8 Å². The third-order valence-corrected chi connectivity index (χ3v) is 7.48. The molecule has 4 aromatic rings. The average Bonchev–Trinajstić information content (AvgIpc) is 3.23. The van der Waals surface area contributed by atoms with Gasteiger partial charge in [-0.05, 0) is 42.0 Å². The van der Waals surface area contributed by atoms with Gasteiger partial charge < -0.3 is 10.2 Å². The van der Waals surface area contributed by atoms with E-state index in [9.17, 15) is 14.4 Å². The summed E-state index contributed by atoms with van der Waals surface area (Å²) in [6.45, 7) is 4.75. The van der Waals surface area contributed by atoms with Crippen molar-refractivity contribution in [2.45, 2.75) is 45.7 Å². The van der Waals surface area contributed by atoms with Crippen molar-refractivity contribution in [3.8, 4) is 0 Å². The summed E-state index contributed by atoms with van der Waals surface area (Å²) in [5.41, 5.74) is 4.31. The molecule has 6 heteroatoms. The Hall–Kier alpha value is -4.45. The fourth-order valence-electron chi connectivity index (χ4n) is 5.43. The van der Waals surface area contributed by atoms with Gasteiger partial charge in [-0.15, -0.1) is 0 Å². The number of hydrogen-bond acceptors (Lipinski definition) is 3. The number of anilines is 1. The van der Waals surface area contributed by atoms with Crippen molar-refractivity contribution in [1.29, 1.82) is 0 Å². The zero-order valence-corrected chi connectivity index (χ0v) is 23.1. The lowest BCUT2D eigenvalue weighted by atomic mass is 10.0. The minimum atomic E-state index is -0.733. The Balaban J connectivity index is 1.49. The zero-order chi connectivity index (χ0) is 28.1. The first-order chi connectivity index (χ1) is 19.5. The van der Waals surface area contributed by atoms with Crippen molar-refractivity contribution in [2.24, 2.45) is 0 Å². The van der Waals surface area contributed by atoms with Gasteiger partial charge in [0.2, 0.25) is 11.8 Å². The van der Waals surface area contributed by atoms with Crippen molar-refractivity contribution in [1.82, 2.24) is 10.2 Å². The molecule has 0 saturated heterocycles. The number of nitrogens with one attached hydrogen (secondary N) is 1. The molecule has 0 fully saturated rings. The molecule has 1 N–H and O–H groups in total. The van der Waals surface area contributed by atoms with E-state index in [1.807, 2.05) is 97.9 Å². The van der Waals surface area contributed by atoms with Gasteiger partial charge in [-0.2, -0.15) is 0 Å². The molecule has 0 aromatic heterocycles. The monoisotopic (exact) mass is 533 g/mol. The normalized spacial score (nSPS) is 12.9. The van der Waals surface area contributed by atoms with Crippen LogP contribution in [0, 0.1) is 6.92 Å². The maximum Gasteiger partial charge on any atom is 0.259 e. The molecule has 3 amide bonds. The lowest BCUT2D eigenvalue weighted by Gasteiger charge is -2.33. The standard InChI is InChI=1S/C34H35N3O3/c1-3-4-19-35-33(39)30(21-25-12-6-5-7-13-25)36(22-26-14-8-11-24(2)20-26)31(38)23-37-29-18-10-16-27-15-9-17-28(32(27)29)34(37)40/h5-18,20,30H,3-4,19,21-23H2,1-2H3,(H,35,39)/t30-/m0/s1. The van der Waals surface area contributed by atoms with Crippen LogP contribution < -0.4 is 10.2 Å². The summed E-state index contributed by atoms with van der Waals surface area (Å²) >= 11 is 0. The molecule has 0 aliphatic carbocycles. The van der Waals surface area contributed by atoms with Gasteiger partial charge in [-0.3, -0.25) is 19.3 Å². The van der Waals surface area contributed by atoms with Gasteiger partial charge in [0.1, 0.15) is 12.6 Å². The van der Waals surface area contributed by atoms with E-state index in [1.165, 1.54) is 0 Å². The van der Waals surface area contributed by atoms with Crippen LogP contribution in [0.15, 0.2) is 91.0 Å². The number of hydrogen-bond donors (Lipinski definition) is 1. The van der Waals surface area contributed by atoms with E-state index in [4.69, 9.17) is 0 Å². The lowest BCUT2D eigenvalue weighted by Crippen LogP contribution is -2.53. The van der Waals surface area contributed by atoms with Gasteiger partial charge in [0, 0.05) is 30.5 Å². The van der Waals surface area contributed by atoms with Gasteiger partial charge in [-0.1, -0.05) is 97.8 Å². The van der Waals surface area contributed by atoms with E-state index >= 15 is 0 Å². The van der Waals surface area contributed by atoms with Gasteiger partial charge in [0.15, 0.2) is 0 Å². The summed E-state index contributed by atoms with van der Waals surface area (Å²) < 4.78 is 0. The fourth-order valence-corrected chi connectivity index (χ4v) is 5.43. The topological polar surface area (TPSA) is 69.7 Å². The van der Waals surface area contributed by atoms with Gasteiger partial charge in [0.05, 0.1) is 5.69 Å². The number of benzene rings is 4. The molecular weight excluding hydrogens is 498 g/mol. The SMILES string of the molecule is CCCCNC(=O)[C@H](Cc1ccccc1)N(Cc1cccc(C)c1)C(=O)CN1C(=O)c2cccc3cccc1c23. The van der Waals surface area contributed by atoms with E-state index in [0.29, 0.717) is 18.5 Å². The summed E-state index contributed by atoms with van der Waals surface area (Å²) in [5, 5.41) is 4.89. The van der Waals surface area contributed by atoms with Crippen LogP contribution in [-0.2, 0) is 22.6 Å². The molecular formula is C34H35N3O3. The second kappa shape index (κ2) is 12.2. The molecule has 4 aromatic carbocycles. The molecule has 1 aliphatic rings. The highest BCUT2D eigenvalue weighted by Gasteiger charge is 2.35. The Kier molecular flexibility index (Phi) is 8.25. The summed E-state index contributed by atoms with van der Waals surface area (Å²) in [6.07, 6.45) is 2.19. The van der Waals surface area contributed by atoms with Crippen molar-refractivity contribution < 1.29 is 14.4 Å². The lowest BCUT2D eigenvalue weighted by molar-refractivity contribution is -0.140. The Labute approximate surface area is 235 Å². The molecule has 1 aliphatic heterocycles. The van der Waals surface area contributed by atoms with Crippen molar-refractivity contribution in [2.75, 3.05) is 18.0 Å². The summed E-state index contributed by atoms with van der Waals surface area (Å²) in [5.74, 6) is -0.648. The number of carbonyl (C=O) groups excluding carboxylic acids is 3. The van der Waals surface area contributed by atoms with Crippen LogP contribution in [0.4, 0.5) is 5.69 Å². The molecule has 1 heterocycles. The van der Waals surface area contributed by atoms with Crippen LogP contribution in [0.1, 0.15) is 46.8 Å². The van der Waals surface area contributed by atoms with Crippen molar-refractivity contribution in [3.63, 3.8) is 0 Å². The van der Waals surface area contributed by atoms with Crippen molar-refractivity contribution >= 4 is 34.2 Å². The first-order valence-corrected chi connectivity index (χ1v) is 14.0. The highest BCUT2D eigenvalue weighted by atomic mass is 16.2. The number of nitrogens with zero attached hydrogens (tertiary/aromatic N) is 2. The molecule has 0 bridgehead atoms. The number of unbranched alkanes of at least 4 members (excludes halogenated alkanes) is 1. The largest absolute Gasteiger partial charge is 0.354 e. The van der Waals surface area contributed by atoms with Gasteiger partial charge >= 0.3 is 0 Å². The number of carbonyl (C=O) groups is 3. The Bertz CT molecular complexity index is 1530. The number of aryl methyl sites for hydroxylation is 1.